The zero-order chi connectivity index (χ0) is 11.4. The zero-order valence-corrected chi connectivity index (χ0v) is 10.8. The van der Waals surface area contributed by atoms with Crippen molar-refractivity contribution in [2.24, 2.45) is 0 Å². The fraction of sp³-hybridized carbons (Fsp3) is 0.833. The molecule has 1 rings (SSSR count). The molecule has 0 aromatic carbocycles. The van der Waals surface area contributed by atoms with Crippen LogP contribution in [0.15, 0.2) is 11.9 Å². The minimum absolute atomic E-state index is 0.431. The van der Waals surface area contributed by atoms with Crippen LogP contribution in [-0.2, 0) is 0 Å². The molecule has 0 aromatic rings. The highest BCUT2D eigenvalue weighted by Crippen LogP contribution is 2.25. The molecule has 1 aliphatic heterocycles. The van der Waals surface area contributed by atoms with Gasteiger partial charge in [-0.25, -0.2) is 0 Å². The molecule has 0 amide bonds. The molecule has 1 unspecified atom stereocenters. The van der Waals surface area contributed by atoms with E-state index in [2.05, 4.69) is 55.6 Å². The summed E-state index contributed by atoms with van der Waals surface area (Å²) in [6.45, 7) is 12.2. The Morgan fingerprint density at radius 2 is 1.80 bits per heavy atom. The fourth-order valence-corrected chi connectivity index (χ4v) is 2.41. The molecule has 0 saturated heterocycles. The van der Waals surface area contributed by atoms with Crippen LogP contribution in [0.5, 0.6) is 0 Å². The van der Waals surface area contributed by atoms with Gasteiger partial charge >= 0.3 is 0 Å². The SMILES string of the molecule is CCC1=CN(C)C(N(CC)CC)N1CC. The smallest absolute Gasteiger partial charge is 0.159 e. The Morgan fingerprint density at radius 3 is 2.20 bits per heavy atom. The van der Waals surface area contributed by atoms with Gasteiger partial charge in [-0.3, -0.25) is 4.90 Å². The highest BCUT2D eigenvalue weighted by Gasteiger charge is 2.31. The van der Waals surface area contributed by atoms with E-state index in [9.17, 15) is 0 Å². The van der Waals surface area contributed by atoms with Crippen LogP contribution in [0.1, 0.15) is 34.1 Å². The summed E-state index contributed by atoms with van der Waals surface area (Å²) in [7, 11) is 2.17. The van der Waals surface area contributed by atoms with Crippen molar-refractivity contribution in [2.45, 2.75) is 40.4 Å². The second-order valence-electron chi connectivity index (χ2n) is 3.99. The van der Waals surface area contributed by atoms with E-state index in [1.807, 2.05) is 0 Å². The third-order valence-electron chi connectivity index (χ3n) is 3.21. The van der Waals surface area contributed by atoms with Gasteiger partial charge in [0.1, 0.15) is 0 Å². The molecule has 0 saturated carbocycles. The Kier molecular flexibility index (Phi) is 4.45. The molecule has 1 aliphatic rings. The van der Waals surface area contributed by atoms with Crippen LogP contribution in [-0.4, -0.2) is 47.7 Å². The summed E-state index contributed by atoms with van der Waals surface area (Å²) in [6.07, 6.45) is 3.84. The predicted molar refractivity (Wildman–Crippen MR) is 65.2 cm³/mol. The maximum Gasteiger partial charge on any atom is 0.159 e. The standard InChI is InChI=1S/C12H25N3/c1-6-11-10-13(5)12(15(11)9-4)14(7-2)8-3/h10,12H,6-9H2,1-5H3. The summed E-state index contributed by atoms with van der Waals surface area (Å²) in [5.41, 5.74) is 1.46. The summed E-state index contributed by atoms with van der Waals surface area (Å²) >= 11 is 0. The van der Waals surface area contributed by atoms with E-state index >= 15 is 0 Å². The zero-order valence-electron chi connectivity index (χ0n) is 10.8. The van der Waals surface area contributed by atoms with Crippen molar-refractivity contribution in [3.05, 3.63) is 11.9 Å². The highest BCUT2D eigenvalue weighted by molar-refractivity contribution is 5.08. The van der Waals surface area contributed by atoms with Gasteiger partial charge in [0.15, 0.2) is 6.29 Å². The molecule has 1 atom stereocenters. The quantitative estimate of drug-likeness (QED) is 0.690. The Bertz CT molecular complexity index is 221. The van der Waals surface area contributed by atoms with E-state index in [1.165, 1.54) is 5.70 Å². The summed E-state index contributed by atoms with van der Waals surface area (Å²) in [4.78, 5) is 7.31. The van der Waals surface area contributed by atoms with Crippen LogP contribution in [0, 0.1) is 0 Å². The molecule has 88 valence electrons. The summed E-state index contributed by atoms with van der Waals surface area (Å²) < 4.78 is 0. The van der Waals surface area contributed by atoms with E-state index in [0.717, 1.165) is 26.1 Å². The van der Waals surface area contributed by atoms with Crippen molar-refractivity contribution in [3.8, 4) is 0 Å². The minimum atomic E-state index is 0.431. The number of nitrogens with zero attached hydrogens (tertiary/aromatic N) is 3. The first-order valence-electron chi connectivity index (χ1n) is 6.12. The molecule has 0 radical (unpaired) electrons. The maximum absolute atomic E-state index is 2.49. The molecule has 0 fully saturated rings. The van der Waals surface area contributed by atoms with Crippen molar-refractivity contribution in [1.82, 2.24) is 14.7 Å². The molecular formula is C12H25N3. The molecule has 3 nitrogen and oxygen atoms in total. The first kappa shape index (κ1) is 12.4. The van der Waals surface area contributed by atoms with Gasteiger partial charge in [-0.2, -0.15) is 0 Å². The van der Waals surface area contributed by atoms with Gasteiger partial charge in [-0.15, -0.1) is 0 Å². The lowest BCUT2D eigenvalue weighted by Crippen LogP contribution is -2.51. The fourth-order valence-electron chi connectivity index (χ4n) is 2.41. The van der Waals surface area contributed by atoms with Gasteiger partial charge in [0.2, 0.25) is 0 Å². The van der Waals surface area contributed by atoms with Crippen molar-refractivity contribution < 1.29 is 0 Å². The van der Waals surface area contributed by atoms with Gasteiger partial charge in [-0.1, -0.05) is 20.8 Å². The molecular weight excluding hydrogens is 186 g/mol. The Morgan fingerprint density at radius 1 is 1.20 bits per heavy atom. The van der Waals surface area contributed by atoms with E-state index < -0.39 is 0 Å². The largest absolute Gasteiger partial charge is 0.347 e. The number of allylic oxidation sites excluding steroid dienone is 1. The van der Waals surface area contributed by atoms with Gasteiger partial charge in [0.25, 0.3) is 0 Å². The van der Waals surface area contributed by atoms with E-state index in [1.54, 1.807) is 0 Å². The van der Waals surface area contributed by atoms with Crippen LogP contribution in [0.25, 0.3) is 0 Å². The third-order valence-corrected chi connectivity index (χ3v) is 3.21. The van der Waals surface area contributed by atoms with Crippen LogP contribution >= 0.6 is 0 Å². The molecule has 1 heterocycles. The first-order valence-corrected chi connectivity index (χ1v) is 6.12. The number of hydrogen-bond donors (Lipinski definition) is 0. The lowest BCUT2D eigenvalue weighted by atomic mass is 10.3. The minimum Gasteiger partial charge on any atom is -0.347 e. The van der Waals surface area contributed by atoms with E-state index in [4.69, 9.17) is 0 Å². The molecule has 0 spiro atoms. The van der Waals surface area contributed by atoms with Crippen molar-refractivity contribution >= 4 is 0 Å². The molecule has 0 aliphatic carbocycles. The van der Waals surface area contributed by atoms with Gasteiger partial charge in [-0.05, 0) is 26.4 Å². The molecule has 3 heteroatoms. The van der Waals surface area contributed by atoms with Crippen LogP contribution in [0.3, 0.4) is 0 Å². The van der Waals surface area contributed by atoms with Gasteiger partial charge in [0.05, 0.1) is 0 Å². The Hall–Kier alpha value is -0.700. The maximum atomic E-state index is 2.49. The average Bonchev–Trinajstić information content (AvgIpc) is 2.57. The van der Waals surface area contributed by atoms with Crippen LogP contribution < -0.4 is 0 Å². The second-order valence-corrected chi connectivity index (χ2v) is 3.99. The first-order chi connectivity index (χ1) is 7.19. The van der Waals surface area contributed by atoms with Gasteiger partial charge in [0, 0.05) is 25.5 Å². The molecule has 0 aromatic heterocycles. The molecule has 15 heavy (non-hydrogen) atoms. The van der Waals surface area contributed by atoms with E-state index in [0.29, 0.717) is 6.29 Å². The third kappa shape index (κ3) is 2.28. The second kappa shape index (κ2) is 5.40. The summed E-state index contributed by atoms with van der Waals surface area (Å²) in [6, 6.07) is 0. The van der Waals surface area contributed by atoms with Gasteiger partial charge < -0.3 is 9.80 Å². The van der Waals surface area contributed by atoms with Crippen molar-refractivity contribution in [1.29, 1.82) is 0 Å². The average molecular weight is 211 g/mol. The van der Waals surface area contributed by atoms with Crippen LogP contribution in [0.4, 0.5) is 0 Å². The topological polar surface area (TPSA) is 9.72 Å². The van der Waals surface area contributed by atoms with Crippen molar-refractivity contribution in [3.63, 3.8) is 0 Å². The highest BCUT2D eigenvalue weighted by atomic mass is 15.5. The molecule has 0 N–H and O–H groups in total. The summed E-state index contributed by atoms with van der Waals surface area (Å²) in [5.74, 6) is 0. The summed E-state index contributed by atoms with van der Waals surface area (Å²) in [5, 5.41) is 0. The number of hydrogen-bond acceptors (Lipinski definition) is 3. The Balaban J connectivity index is 2.81. The monoisotopic (exact) mass is 211 g/mol. The lowest BCUT2D eigenvalue weighted by molar-refractivity contribution is 0.0104. The normalized spacial score (nSPS) is 21.5. The number of rotatable bonds is 5. The molecule has 0 bridgehead atoms. The van der Waals surface area contributed by atoms with Crippen molar-refractivity contribution in [2.75, 3.05) is 26.7 Å². The predicted octanol–water partition coefficient (Wildman–Crippen LogP) is 2.13. The van der Waals surface area contributed by atoms with E-state index in [-0.39, 0.29) is 0 Å². The Labute approximate surface area is 94.3 Å². The lowest BCUT2D eigenvalue weighted by Gasteiger charge is -2.39. The van der Waals surface area contributed by atoms with Crippen LogP contribution in [0.2, 0.25) is 0 Å².